The fraction of sp³-hybridized carbons (Fsp3) is 0.294. The summed E-state index contributed by atoms with van der Waals surface area (Å²) in [6.07, 6.45) is 0. The van der Waals surface area contributed by atoms with Gasteiger partial charge in [-0.2, -0.15) is 0 Å². The van der Waals surface area contributed by atoms with Gasteiger partial charge in [0.25, 0.3) is 0 Å². The fourth-order valence-corrected chi connectivity index (χ4v) is 2.61. The van der Waals surface area contributed by atoms with Crippen LogP contribution in [0.15, 0.2) is 40.9 Å². The molecule has 2 rings (SSSR count). The van der Waals surface area contributed by atoms with E-state index in [-0.39, 0.29) is 0 Å². The molecule has 0 atom stereocenters. The molecule has 0 saturated heterocycles. The normalized spacial score (nSPS) is 10.6. The van der Waals surface area contributed by atoms with Gasteiger partial charge in [0.15, 0.2) is 0 Å². The molecule has 0 aliphatic carbocycles. The quantitative estimate of drug-likeness (QED) is 0.846. The number of benzene rings is 2. The van der Waals surface area contributed by atoms with Gasteiger partial charge in [-0.25, -0.2) is 0 Å². The standard InChI is InChI=1S/C17H20BrNO/c1-12-7-8-14(9-13(12)2)10-19-17-6-4-5-16(18)15(17)11-20-3/h4-9,19H,10-11H2,1-3H3. The van der Waals surface area contributed by atoms with Crippen molar-refractivity contribution in [1.82, 2.24) is 0 Å². The van der Waals surface area contributed by atoms with Crippen LogP contribution in [-0.4, -0.2) is 7.11 Å². The molecular weight excluding hydrogens is 314 g/mol. The summed E-state index contributed by atoms with van der Waals surface area (Å²) in [5, 5.41) is 3.49. The van der Waals surface area contributed by atoms with Crippen LogP contribution in [0.25, 0.3) is 0 Å². The van der Waals surface area contributed by atoms with E-state index in [2.05, 4.69) is 59.4 Å². The van der Waals surface area contributed by atoms with Crippen LogP contribution in [-0.2, 0) is 17.9 Å². The third-order valence-corrected chi connectivity index (χ3v) is 4.20. The average molecular weight is 334 g/mol. The monoisotopic (exact) mass is 333 g/mol. The van der Waals surface area contributed by atoms with E-state index in [0.717, 1.165) is 22.3 Å². The Kier molecular flexibility index (Phi) is 5.21. The molecule has 2 nitrogen and oxygen atoms in total. The Morgan fingerprint density at radius 1 is 1.10 bits per heavy atom. The molecule has 3 heteroatoms. The third-order valence-electron chi connectivity index (χ3n) is 3.46. The van der Waals surface area contributed by atoms with Gasteiger partial charge in [-0.1, -0.05) is 40.2 Å². The summed E-state index contributed by atoms with van der Waals surface area (Å²) >= 11 is 3.58. The van der Waals surface area contributed by atoms with Gasteiger partial charge in [-0.3, -0.25) is 0 Å². The number of nitrogens with one attached hydrogen (secondary N) is 1. The smallest absolute Gasteiger partial charge is 0.0744 e. The lowest BCUT2D eigenvalue weighted by Crippen LogP contribution is -2.04. The minimum absolute atomic E-state index is 0.594. The van der Waals surface area contributed by atoms with Crippen LogP contribution < -0.4 is 5.32 Å². The minimum atomic E-state index is 0.594. The number of anilines is 1. The molecule has 0 aliphatic rings. The maximum Gasteiger partial charge on any atom is 0.0744 e. The number of hydrogen-bond acceptors (Lipinski definition) is 2. The Morgan fingerprint density at radius 3 is 2.60 bits per heavy atom. The van der Waals surface area contributed by atoms with Crippen LogP contribution in [0.3, 0.4) is 0 Å². The molecule has 1 N–H and O–H groups in total. The SMILES string of the molecule is COCc1c(Br)cccc1NCc1ccc(C)c(C)c1. The van der Waals surface area contributed by atoms with Gasteiger partial charge in [0.1, 0.15) is 0 Å². The van der Waals surface area contributed by atoms with Gasteiger partial charge in [0.05, 0.1) is 6.61 Å². The van der Waals surface area contributed by atoms with Gasteiger partial charge in [0.2, 0.25) is 0 Å². The molecule has 0 radical (unpaired) electrons. The first-order valence-electron chi connectivity index (χ1n) is 6.68. The topological polar surface area (TPSA) is 21.3 Å². The van der Waals surface area contributed by atoms with Gasteiger partial charge >= 0.3 is 0 Å². The second-order valence-corrected chi connectivity index (χ2v) is 5.83. The first-order chi connectivity index (χ1) is 9.61. The van der Waals surface area contributed by atoms with Crippen molar-refractivity contribution in [2.75, 3.05) is 12.4 Å². The highest BCUT2D eigenvalue weighted by atomic mass is 79.9. The maximum atomic E-state index is 5.27. The first-order valence-corrected chi connectivity index (χ1v) is 7.47. The van der Waals surface area contributed by atoms with E-state index in [0.29, 0.717) is 6.61 Å². The van der Waals surface area contributed by atoms with Crippen molar-refractivity contribution in [1.29, 1.82) is 0 Å². The Morgan fingerprint density at radius 2 is 1.90 bits per heavy atom. The summed E-state index contributed by atoms with van der Waals surface area (Å²) < 4.78 is 6.34. The largest absolute Gasteiger partial charge is 0.381 e. The van der Waals surface area contributed by atoms with E-state index < -0.39 is 0 Å². The molecule has 0 fully saturated rings. The molecule has 0 aromatic heterocycles. The fourth-order valence-electron chi connectivity index (χ4n) is 2.13. The van der Waals surface area contributed by atoms with Crippen LogP contribution in [0.2, 0.25) is 0 Å². The Hall–Kier alpha value is -1.32. The highest BCUT2D eigenvalue weighted by Gasteiger charge is 2.06. The van der Waals surface area contributed by atoms with Crippen molar-refractivity contribution in [3.05, 3.63) is 63.1 Å². The Labute approximate surface area is 129 Å². The van der Waals surface area contributed by atoms with Crippen molar-refractivity contribution in [3.63, 3.8) is 0 Å². The molecule has 0 bridgehead atoms. The van der Waals surface area contributed by atoms with Crippen molar-refractivity contribution < 1.29 is 4.74 Å². The number of halogens is 1. The molecular formula is C17H20BrNO. The van der Waals surface area contributed by atoms with Gasteiger partial charge < -0.3 is 10.1 Å². The summed E-state index contributed by atoms with van der Waals surface area (Å²) in [5.74, 6) is 0. The molecule has 106 valence electrons. The van der Waals surface area contributed by atoms with Crippen molar-refractivity contribution >= 4 is 21.6 Å². The first kappa shape index (κ1) is 15.1. The minimum Gasteiger partial charge on any atom is -0.381 e. The van der Waals surface area contributed by atoms with E-state index in [1.807, 2.05) is 12.1 Å². The Bertz CT molecular complexity index is 596. The lowest BCUT2D eigenvalue weighted by molar-refractivity contribution is 0.185. The van der Waals surface area contributed by atoms with Crippen molar-refractivity contribution in [2.45, 2.75) is 27.0 Å². The summed E-state index contributed by atoms with van der Waals surface area (Å²) in [4.78, 5) is 0. The number of ether oxygens (including phenoxy) is 1. The summed E-state index contributed by atoms with van der Waals surface area (Å²) in [6.45, 7) is 5.69. The molecule has 0 unspecified atom stereocenters. The lowest BCUT2D eigenvalue weighted by atomic mass is 10.1. The summed E-state index contributed by atoms with van der Waals surface area (Å²) in [7, 11) is 1.71. The molecule has 0 saturated carbocycles. The number of rotatable bonds is 5. The molecule has 20 heavy (non-hydrogen) atoms. The van der Waals surface area contributed by atoms with Crippen LogP contribution in [0, 0.1) is 13.8 Å². The van der Waals surface area contributed by atoms with E-state index in [1.165, 1.54) is 16.7 Å². The molecule has 2 aromatic carbocycles. The predicted octanol–water partition coefficient (Wildman–Crippen LogP) is 4.82. The van der Waals surface area contributed by atoms with Crippen LogP contribution in [0.5, 0.6) is 0 Å². The van der Waals surface area contributed by atoms with Crippen molar-refractivity contribution in [2.24, 2.45) is 0 Å². The van der Waals surface area contributed by atoms with Crippen LogP contribution in [0.4, 0.5) is 5.69 Å². The average Bonchev–Trinajstić information content (AvgIpc) is 2.43. The van der Waals surface area contributed by atoms with Gasteiger partial charge in [0, 0.05) is 29.4 Å². The van der Waals surface area contributed by atoms with E-state index >= 15 is 0 Å². The molecule has 0 aliphatic heterocycles. The molecule has 0 spiro atoms. The molecule has 0 heterocycles. The summed E-state index contributed by atoms with van der Waals surface area (Å²) in [5.41, 5.74) is 6.21. The zero-order chi connectivity index (χ0) is 14.5. The predicted molar refractivity (Wildman–Crippen MR) is 88.1 cm³/mol. The second kappa shape index (κ2) is 6.91. The zero-order valence-electron chi connectivity index (χ0n) is 12.2. The number of methoxy groups -OCH3 is 1. The summed E-state index contributed by atoms with van der Waals surface area (Å²) in [6, 6.07) is 12.7. The van der Waals surface area contributed by atoms with E-state index in [4.69, 9.17) is 4.74 Å². The number of aryl methyl sites for hydroxylation is 2. The third kappa shape index (κ3) is 3.62. The van der Waals surface area contributed by atoms with Crippen LogP contribution >= 0.6 is 15.9 Å². The highest BCUT2D eigenvalue weighted by molar-refractivity contribution is 9.10. The van der Waals surface area contributed by atoms with E-state index in [1.54, 1.807) is 7.11 Å². The Balaban J connectivity index is 2.14. The van der Waals surface area contributed by atoms with Crippen LogP contribution in [0.1, 0.15) is 22.3 Å². The highest BCUT2D eigenvalue weighted by Crippen LogP contribution is 2.26. The molecule has 2 aromatic rings. The van der Waals surface area contributed by atoms with Crippen molar-refractivity contribution in [3.8, 4) is 0 Å². The maximum absolute atomic E-state index is 5.27. The molecule has 0 amide bonds. The number of hydrogen-bond donors (Lipinski definition) is 1. The second-order valence-electron chi connectivity index (χ2n) is 4.97. The lowest BCUT2D eigenvalue weighted by Gasteiger charge is -2.14. The van der Waals surface area contributed by atoms with E-state index in [9.17, 15) is 0 Å². The zero-order valence-corrected chi connectivity index (χ0v) is 13.8. The van der Waals surface area contributed by atoms with Gasteiger partial charge in [-0.15, -0.1) is 0 Å². The van der Waals surface area contributed by atoms with Gasteiger partial charge in [-0.05, 0) is 42.7 Å².